The van der Waals surface area contributed by atoms with Gasteiger partial charge < -0.3 is 15.8 Å². The number of amides is 1. The lowest BCUT2D eigenvalue weighted by Gasteiger charge is -2.18. The van der Waals surface area contributed by atoms with Crippen molar-refractivity contribution in [1.29, 1.82) is 0 Å². The Morgan fingerprint density at radius 3 is 2.86 bits per heavy atom. The molecule has 0 spiro atoms. The molecule has 2 aromatic rings. The summed E-state index contributed by atoms with van der Waals surface area (Å²) in [5, 5.41) is 2.78. The van der Waals surface area contributed by atoms with Crippen LogP contribution in [0, 0.1) is 0 Å². The molecule has 1 aromatic carbocycles. The zero-order valence-electron chi connectivity index (χ0n) is 12.0. The van der Waals surface area contributed by atoms with E-state index in [0.717, 1.165) is 0 Å². The van der Waals surface area contributed by atoms with Crippen molar-refractivity contribution >= 4 is 5.91 Å². The summed E-state index contributed by atoms with van der Waals surface area (Å²) in [5.74, 6) is 0.700. The highest BCUT2D eigenvalue weighted by atomic mass is 16.5. The van der Waals surface area contributed by atoms with E-state index in [1.165, 1.54) is 12.4 Å². The molecule has 0 aliphatic carbocycles. The number of ether oxygens (including phenoxy) is 1. The Morgan fingerprint density at radius 2 is 2.19 bits per heavy atom. The highest BCUT2D eigenvalue weighted by Gasteiger charge is 2.13. The largest absolute Gasteiger partial charge is 0.437 e. The van der Waals surface area contributed by atoms with E-state index in [-0.39, 0.29) is 5.91 Å². The summed E-state index contributed by atoms with van der Waals surface area (Å²) in [4.78, 5) is 20.0. The van der Waals surface area contributed by atoms with Crippen LogP contribution in [0.2, 0.25) is 0 Å². The SMILES string of the molecule is CC(C)(N)CNC(=O)c1cccc(Oc2cnccn2)c1. The predicted molar refractivity (Wildman–Crippen MR) is 79.1 cm³/mol. The van der Waals surface area contributed by atoms with Gasteiger partial charge in [0.15, 0.2) is 0 Å². The maximum Gasteiger partial charge on any atom is 0.251 e. The molecule has 0 aliphatic rings. The molecular formula is C15H18N4O2. The Labute approximate surface area is 123 Å². The van der Waals surface area contributed by atoms with E-state index in [9.17, 15) is 4.79 Å². The number of nitrogens with one attached hydrogen (secondary N) is 1. The van der Waals surface area contributed by atoms with E-state index in [1.807, 2.05) is 13.8 Å². The van der Waals surface area contributed by atoms with Gasteiger partial charge in [-0.15, -0.1) is 0 Å². The molecule has 0 saturated heterocycles. The lowest BCUT2D eigenvalue weighted by molar-refractivity contribution is 0.0945. The minimum Gasteiger partial charge on any atom is -0.437 e. The molecule has 3 N–H and O–H groups in total. The summed E-state index contributed by atoms with van der Waals surface area (Å²) in [6, 6.07) is 6.85. The fourth-order valence-corrected chi connectivity index (χ4v) is 1.57. The summed E-state index contributed by atoms with van der Waals surface area (Å²) >= 11 is 0. The molecule has 21 heavy (non-hydrogen) atoms. The third-order valence-electron chi connectivity index (χ3n) is 2.56. The third kappa shape index (κ3) is 4.85. The molecule has 0 bridgehead atoms. The molecule has 0 unspecified atom stereocenters. The third-order valence-corrected chi connectivity index (χ3v) is 2.56. The molecular weight excluding hydrogens is 268 g/mol. The lowest BCUT2D eigenvalue weighted by Crippen LogP contribution is -2.45. The number of benzene rings is 1. The molecule has 0 saturated carbocycles. The highest BCUT2D eigenvalue weighted by molar-refractivity contribution is 5.94. The molecule has 6 heteroatoms. The molecule has 0 fully saturated rings. The topological polar surface area (TPSA) is 90.1 Å². The Hall–Kier alpha value is -2.47. The van der Waals surface area contributed by atoms with Crippen molar-refractivity contribution in [1.82, 2.24) is 15.3 Å². The quantitative estimate of drug-likeness (QED) is 0.873. The normalized spacial score (nSPS) is 11.0. The van der Waals surface area contributed by atoms with Crippen molar-refractivity contribution in [2.45, 2.75) is 19.4 Å². The Kier molecular flexibility index (Phi) is 4.49. The monoisotopic (exact) mass is 286 g/mol. The molecule has 2 rings (SSSR count). The summed E-state index contributed by atoms with van der Waals surface area (Å²) in [6.45, 7) is 4.09. The average molecular weight is 286 g/mol. The second-order valence-corrected chi connectivity index (χ2v) is 5.34. The van der Waals surface area contributed by atoms with Crippen LogP contribution in [0.5, 0.6) is 11.6 Å². The van der Waals surface area contributed by atoms with E-state index in [0.29, 0.717) is 23.7 Å². The minimum absolute atomic E-state index is 0.196. The van der Waals surface area contributed by atoms with Crippen molar-refractivity contribution in [2.24, 2.45) is 5.73 Å². The van der Waals surface area contributed by atoms with Crippen LogP contribution in [0.4, 0.5) is 0 Å². The number of nitrogens with two attached hydrogens (primary N) is 1. The van der Waals surface area contributed by atoms with Crippen molar-refractivity contribution in [3.05, 3.63) is 48.4 Å². The fraction of sp³-hybridized carbons (Fsp3) is 0.267. The average Bonchev–Trinajstić information content (AvgIpc) is 2.45. The molecule has 1 amide bonds. The van der Waals surface area contributed by atoms with Crippen LogP contribution in [0.25, 0.3) is 0 Å². The van der Waals surface area contributed by atoms with Gasteiger partial charge in [-0.3, -0.25) is 9.78 Å². The van der Waals surface area contributed by atoms with Gasteiger partial charge in [-0.25, -0.2) is 4.98 Å². The van der Waals surface area contributed by atoms with Crippen molar-refractivity contribution in [3.8, 4) is 11.6 Å². The van der Waals surface area contributed by atoms with Gasteiger partial charge in [0.25, 0.3) is 5.91 Å². The number of aromatic nitrogens is 2. The molecule has 0 atom stereocenters. The predicted octanol–water partition coefficient (Wildman–Crippen LogP) is 1.74. The smallest absolute Gasteiger partial charge is 0.251 e. The van der Waals surface area contributed by atoms with Gasteiger partial charge in [-0.2, -0.15) is 0 Å². The second-order valence-electron chi connectivity index (χ2n) is 5.34. The van der Waals surface area contributed by atoms with E-state index in [2.05, 4.69) is 15.3 Å². The number of carbonyl (C=O) groups is 1. The van der Waals surface area contributed by atoms with Crippen LogP contribution in [0.1, 0.15) is 24.2 Å². The van der Waals surface area contributed by atoms with Crippen LogP contribution >= 0.6 is 0 Å². The molecule has 1 heterocycles. The van der Waals surface area contributed by atoms with E-state index < -0.39 is 5.54 Å². The summed E-state index contributed by atoms with van der Waals surface area (Å²) in [7, 11) is 0. The molecule has 0 aliphatic heterocycles. The van der Waals surface area contributed by atoms with Gasteiger partial charge in [0, 0.05) is 30.0 Å². The highest BCUT2D eigenvalue weighted by Crippen LogP contribution is 2.19. The van der Waals surface area contributed by atoms with Gasteiger partial charge in [0.05, 0.1) is 6.20 Å². The second kappa shape index (κ2) is 6.32. The van der Waals surface area contributed by atoms with Gasteiger partial charge in [-0.1, -0.05) is 6.07 Å². The van der Waals surface area contributed by atoms with E-state index >= 15 is 0 Å². The van der Waals surface area contributed by atoms with Crippen molar-refractivity contribution in [3.63, 3.8) is 0 Å². The van der Waals surface area contributed by atoms with Gasteiger partial charge >= 0.3 is 0 Å². The lowest BCUT2D eigenvalue weighted by atomic mass is 10.1. The zero-order chi connectivity index (χ0) is 15.3. The van der Waals surface area contributed by atoms with Gasteiger partial charge in [-0.05, 0) is 32.0 Å². The number of rotatable bonds is 5. The van der Waals surface area contributed by atoms with Gasteiger partial charge in [0.2, 0.25) is 5.88 Å². The molecule has 110 valence electrons. The van der Waals surface area contributed by atoms with Gasteiger partial charge in [0.1, 0.15) is 5.75 Å². The van der Waals surface area contributed by atoms with Crippen LogP contribution in [0.3, 0.4) is 0 Å². The standard InChI is InChI=1S/C15H18N4O2/c1-15(2,16)10-19-14(20)11-4-3-5-12(8-11)21-13-9-17-6-7-18-13/h3-9H,10,16H2,1-2H3,(H,19,20). The van der Waals surface area contributed by atoms with Crippen molar-refractivity contribution < 1.29 is 9.53 Å². The van der Waals surface area contributed by atoms with E-state index in [1.54, 1.807) is 30.5 Å². The maximum atomic E-state index is 12.0. The number of hydrogen-bond acceptors (Lipinski definition) is 5. The number of nitrogens with zero attached hydrogens (tertiary/aromatic N) is 2. The first-order chi connectivity index (χ1) is 9.94. The van der Waals surface area contributed by atoms with Crippen LogP contribution in [0.15, 0.2) is 42.9 Å². The maximum absolute atomic E-state index is 12.0. The Bertz CT molecular complexity index is 609. The Balaban J connectivity index is 2.05. The minimum atomic E-state index is -0.455. The van der Waals surface area contributed by atoms with Crippen LogP contribution < -0.4 is 15.8 Å². The first-order valence-electron chi connectivity index (χ1n) is 6.55. The zero-order valence-corrected chi connectivity index (χ0v) is 12.0. The summed E-state index contributed by atoms with van der Waals surface area (Å²) < 4.78 is 5.54. The summed E-state index contributed by atoms with van der Waals surface area (Å²) in [6.07, 6.45) is 4.60. The summed E-state index contributed by atoms with van der Waals surface area (Å²) in [5.41, 5.74) is 5.88. The molecule has 6 nitrogen and oxygen atoms in total. The first kappa shape index (κ1) is 14.9. The number of hydrogen-bond donors (Lipinski definition) is 2. The molecule has 0 radical (unpaired) electrons. The van der Waals surface area contributed by atoms with Crippen LogP contribution in [-0.4, -0.2) is 28.0 Å². The number of carbonyl (C=O) groups excluding carboxylic acids is 1. The molecule has 1 aromatic heterocycles. The van der Waals surface area contributed by atoms with Crippen molar-refractivity contribution in [2.75, 3.05) is 6.54 Å². The fourth-order valence-electron chi connectivity index (χ4n) is 1.57. The van der Waals surface area contributed by atoms with Crippen LogP contribution in [-0.2, 0) is 0 Å². The van der Waals surface area contributed by atoms with E-state index in [4.69, 9.17) is 10.5 Å². The first-order valence-corrected chi connectivity index (χ1v) is 6.55. The Morgan fingerprint density at radius 1 is 1.38 bits per heavy atom.